The molecule has 1 fully saturated rings. The molecule has 76 valence electrons. The van der Waals surface area contributed by atoms with Gasteiger partial charge in [-0.1, -0.05) is 6.92 Å². The van der Waals surface area contributed by atoms with Crippen LogP contribution in [0.5, 0.6) is 0 Å². The number of carbonyl (C=O) groups is 1. The van der Waals surface area contributed by atoms with E-state index in [-0.39, 0.29) is 18.1 Å². The highest BCUT2D eigenvalue weighted by atomic mass is 16.5. The van der Waals surface area contributed by atoms with E-state index in [0.29, 0.717) is 13.1 Å². The highest BCUT2D eigenvalue weighted by Crippen LogP contribution is 2.16. The van der Waals surface area contributed by atoms with Crippen molar-refractivity contribution in [1.82, 2.24) is 4.90 Å². The summed E-state index contributed by atoms with van der Waals surface area (Å²) in [5.74, 6) is 0.0766. The number of nitrogens with zero attached hydrogens (tertiary/aromatic N) is 1. The number of carbonyl (C=O) groups excluding carboxylic acids is 1. The summed E-state index contributed by atoms with van der Waals surface area (Å²) in [5, 5.41) is 0. The number of rotatable bonds is 3. The summed E-state index contributed by atoms with van der Waals surface area (Å²) in [7, 11) is 0. The van der Waals surface area contributed by atoms with Crippen LogP contribution in [0.2, 0.25) is 0 Å². The maximum absolute atomic E-state index is 11.3. The Kier molecular flexibility index (Phi) is 3.27. The van der Waals surface area contributed by atoms with Crippen LogP contribution in [0.1, 0.15) is 20.3 Å². The standard InChI is InChI=1S/C9H18N2O2/c1-3-4-11-7-9(2,6-10)13-5-8(11)12/h3-7,10H2,1-2H3. The maximum Gasteiger partial charge on any atom is 0.248 e. The van der Waals surface area contributed by atoms with Crippen molar-refractivity contribution in [2.45, 2.75) is 25.9 Å². The Morgan fingerprint density at radius 1 is 1.69 bits per heavy atom. The van der Waals surface area contributed by atoms with Crippen molar-refractivity contribution in [1.29, 1.82) is 0 Å². The Morgan fingerprint density at radius 3 is 2.92 bits per heavy atom. The van der Waals surface area contributed by atoms with E-state index in [2.05, 4.69) is 6.92 Å². The molecule has 4 heteroatoms. The molecule has 0 spiro atoms. The number of ether oxygens (including phenoxy) is 1. The van der Waals surface area contributed by atoms with E-state index in [1.807, 2.05) is 11.8 Å². The predicted octanol–water partition coefficient (Wildman–Crippen LogP) is -0.0274. The smallest absolute Gasteiger partial charge is 0.248 e. The van der Waals surface area contributed by atoms with Crippen molar-refractivity contribution in [2.24, 2.45) is 5.73 Å². The molecule has 0 aliphatic carbocycles. The monoisotopic (exact) mass is 186 g/mol. The van der Waals surface area contributed by atoms with Gasteiger partial charge in [0, 0.05) is 13.1 Å². The van der Waals surface area contributed by atoms with Gasteiger partial charge < -0.3 is 15.4 Å². The van der Waals surface area contributed by atoms with Gasteiger partial charge in [0.15, 0.2) is 0 Å². The van der Waals surface area contributed by atoms with Crippen molar-refractivity contribution in [3.05, 3.63) is 0 Å². The van der Waals surface area contributed by atoms with Crippen LogP contribution >= 0.6 is 0 Å². The quantitative estimate of drug-likeness (QED) is 0.673. The van der Waals surface area contributed by atoms with Crippen LogP contribution in [-0.2, 0) is 9.53 Å². The first-order valence-corrected chi connectivity index (χ1v) is 4.73. The SMILES string of the molecule is CCCN1CC(C)(CN)OCC1=O. The first-order chi connectivity index (χ1) is 6.11. The molecule has 0 aromatic heterocycles. The van der Waals surface area contributed by atoms with Gasteiger partial charge in [0.1, 0.15) is 6.61 Å². The molecule has 0 radical (unpaired) electrons. The number of morpholine rings is 1. The molecule has 1 rings (SSSR count). The zero-order chi connectivity index (χ0) is 9.90. The summed E-state index contributed by atoms with van der Waals surface area (Å²) in [4.78, 5) is 13.2. The van der Waals surface area contributed by atoms with Crippen molar-refractivity contribution < 1.29 is 9.53 Å². The van der Waals surface area contributed by atoms with Crippen molar-refractivity contribution in [2.75, 3.05) is 26.2 Å². The lowest BCUT2D eigenvalue weighted by atomic mass is 10.0. The van der Waals surface area contributed by atoms with Crippen LogP contribution in [0.3, 0.4) is 0 Å². The highest BCUT2D eigenvalue weighted by molar-refractivity contribution is 5.78. The van der Waals surface area contributed by atoms with Gasteiger partial charge in [-0.3, -0.25) is 4.79 Å². The number of hydrogen-bond donors (Lipinski definition) is 1. The molecule has 1 aliphatic heterocycles. The van der Waals surface area contributed by atoms with Crippen LogP contribution in [0.25, 0.3) is 0 Å². The molecule has 0 aromatic rings. The second-order valence-electron chi connectivity index (χ2n) is 3.76. The molecule has 0 bridgehead atoms. The maximum atomic E-state index is 11.3. The predicted molar refractivity (Wildman–Crippen MR) is 50.3 cm³/mol. The van der Waals surface area contributed by atoms with Crippen LogP contribution in [-0.4, -0.2) is 42.6 Å². The topological polar surface area (TPSA) is 55.6 Å². The molecule has 1 unspecified atom stereocenters. The van der Waals surface area contributed by atoms with Crippen molar-refractivity contribution >= 4 is 5.91 Å². The summed E-state index contributed by atoms with van der Waals surface area (Å²) in [6.07, 6.45) is 0.979. The third kappa shape index (κ3) is 2.42. The lowest BCUT2D eigenvalue weighted by molar-refractivity contribution is -0.159. The zero-order valence-electron chi connectivity index (χ0n) is 8.38. The summed E-state index contributed by atoms with van der Waals surface area (Å²) in [6.45, 7) is 6.06. The fourth-order valence-corrected chi connectivity index (χ4v) is 1.46. The van der Waals surface area contributed by atoms with E-state index < -0.39 is 0 Å². The van der Waals surface area contributed by atoms with E-state index in [9.17, 15) is 4.79 Å². The molecular weight excluding hydrogens is 168 g/mol. The summed E-state index contributed by atoms with van der Waals surface area (Å²) in [6, 6.07) is 0. The lowest BCUT2D eigenvalue weighted by Gasteiger charge is -2.39. The third-order valence-electron chi connectivity index (χ3n) is 2.35. The number of amides is 1. The van der Waals surface area contributed by atoms with Gasteiger partial charge in [-0.25, -0.2) is 0 Å². The molecule has 1 heterocycles. The molecular formula is C9H18N2O2. The summed E-state index contributed by atoms with van der Waals surface area (Å²) in [5.41, 5.74) is 5.23. The number of nitrogens with two attached hydrogens (primary N) is 1. The van der Waals surface area contributed by atoms with Gasteiger partial charge in [0.05, 0.1) is 12.1 Å². The third-order valence-corrected chi connectivity index (χ3v) is 2.35. The average Bonchev–Trinajstić information content (AvgIpc) is 2.12. The minimum absolute atomic E-state index is 0.0766. The van der Waals surface area contributed by atoms with Crippen LogP contribution in [0.4, 0.5) is 0 Å². The highest BCUT2D eigenvalue weighted by Gasteiger charge is 2.34. The zero-order valence-corrected chi connectivity index (χ0v) is 8.38. The van der Waals surface area contributed by atoms with Gasteiger partial charge >= 0.3 is 0 Å². The van der Waals surface area contributed by atoms with E-state index >= 15 is 0 Å². The van der Waals surface area contributed by atoms with Crippen molar-refractivity contribution in [3.8, 4) is 0 Å². The summed E-state index contributed by atoms with van der Waals surface area (Å²) >= 11 is 0. The van der Waals surface area contributed by atoms with Crippen LogP contribution < -0.4 is 5.73 Å². The largest absolute Gasteiger partial charge is 0.362 e. The molecule has 1 saturated heterocycles. The molecule has 0 aromatic carbocycles. The second kappa shape index (κ2) is 4.07. The lowest BCUT2D eigenvalue weighted by Crippen LogP contribution is -2.56. The first kappa shape index (κ1) is 10.5. The molecule has 1 atom stereocenters. The Hall–Kier alpha value is -0.610. The Bertz CT molecular complexity index is 196. The normalized spacial score (nSPS) is 29.5. The summed E-state index contributed by atoms with van der Waals surface area (Å²) < 4.78 is 5.39. The van der Waals surface area contributed by atoms with Crippen LogP contribution in [0, 0.1) is 0 Å². The van der Waals surface area contributed by atoms with E-state index in [1.165, 1.54) is 0 Å². The van der Waals surface area contributed by atoms with E-state index in [1.54, 1.807) is 0 Å². The first-order valence-electron chi connectivity index (χ1n) is 4.73. The van der Waals surface area contributed by atoms with Crippen molar-refractivity contribution in [3.63, 3.8) is 0 Å². The van der Waals surface area contributed by atoms with Gasteiger partial charge in [0.2, 0.25) is 5.91 Å². The average molecular weight is 186 g/mol. The van der Waals surface area contributed by atoms with Crippen LogP contribution in [0.15, 0.2) is 0 Å². The molecule has 2 N–H and O–H groups in total. The Morgan fingerprint density at radius 2 is 2.38 bits per heavy atom. The molecule has 13 heavy (non-hydrogen) atoms. The second-order valence-corrected chi connectivity index (χ2v) is 3.76. The fourth-order valence-electron chi connectivity index (χ4n) is 1.46. The van der Waals surface area contributed by atoms with Gasteiger partial charge in [0.25, 0.3) is 0 Å². The van der Waals surface area contributed by atoms with Gasteiger partial charge in [-0.2, -0.15) is 0 Å². The van der Waals surface area contributed by atoms with E-state index in [0.717, 1.165) is 13.0 Å². The fraction of sp³-hybridized carbons (Fsp3) is 0.889. The Labute approximate surface area is 79.0 Å². The molecule has 1 amide bonds. The minimum atomic E-state index is -0.344. The molecule has 0 saturated carbocycles. The minimum Gasteiger partial charge on any atom is -0.362 e. The molecule has 1 aliphatic rings. The molecule has 4 nitrogen and oxygen atoms in total. The van der Waals surface area contributed by atoms with E-state index in [4.69, 9.17) is 10.5 Å². The number of hydrogen-bond acceptors (Lipinski definition) is 3. The van der Waals surface area contributed by atoms with Gasteiger partial charge in [-0.05, 0) is 13.3 Å². The van der Waals surface area contributed by atoms with Gasteiger partial charge in [-0.15, -0.1) is 0 Å². The Balaban J connectivity index is 2.57.